The number of aryl methyl sites for hydroxylation is 2. The van der Waals surface area contributed by atoms with E-state index < -0.39 is 0 Å². The molecule has 1 amide bonds. The lowest BCUT2D eigenvalue weighted by Gasteiger charge is -2.05. The molecule has 1 fully saturated rings. The first-order valence-corrected chi connectivity index (χ1v) is 9.96. The molecule has 0 aliphatic carbocycles. The van der Waals surface area contributed by atoms with E-state index in [-0.39, 0.29) is 5.91 Å². The minimum Gasteiger partial charge on any atom is -0.494 e. The van der Waals surface area contributed by atoms with Crippen molar-refractivity contribution in [1.29, 1.82) is 0 Å². The lowest BCUT2D eigenvalue weighted by atomic mass is 10.1. The monoisotopic (exact) mass is 380 g/mol. The predicted octanol–water partition coefficient (Wildman–Crippen LogP) is 5.37. The number of amides is 1. The Morgan fingerprint density at radius 1 is 1.15 bits per heavy atom. The third-order valence-corrected chi connectivity index (χ3v) is 5.08. The number of amidine groups is 1. The summed E-state index contributed by atoms with van der Waals surface area (Å²) in [5, 5.41) is 3.45. The van der Waals surface area contributed by atoms with Gasteiger partial charge >= 0.3 is 0 Å². The van der Waals surface area contributed by atoms with Crippen LogP contribution in [0.4, 0.5) is 5.69 Å². The lowest BCUT2D eigenvalue weighted by molar-refractivity contribution is -0.115. The van der Waals surface area contributed by atoms with Crippen molar-refractivity contribution in [3.63, 3.8) is 0 Å². The van der Waals surface area contributed by atoms with Gasteiger partial charge in [-0.1, -0.05) is 43.2 Å². The number of hydrogen-bond acceptors (Lipinski definition) is 4. The quantitative estimate of drug-likeness (QED) is 0.541. The van der Waals surface area contributed by atoms with Gasteiger partial charge in [-0.15, -0.1) is 0 Å². The molecule has 3 rings (SSSR count). The van der Waals surface area contributed by atoms with Gasteiger partial charge in [-0.2, -0.15) is 0 Å². The molecule has 1 aliphatic rings. The molecule has 0 bridgehead atoms. The van der Waals surface area contributed by atoms with E-state index in [2.05, 4.69) is 30.2 Å². The second-order valence-electron chi connectivity index (χ2n) is 6.54. The van der Waals surface area contributed by atoms with Crippen LogP contribution < -0.4 is 10.1 Å². The Morgan fingerprint density at radius 3 is 2.63 bits per heavy atom. The number of nitrogens with zero attached hydrogens (tertiary/aromatic N) is 1. The fraction of sp³-hybridized carbons (Fsp3) is 0.273. The number of unbranched alkanes of at least 4 members (excludes halogenated alkanes) is 1. The van der Waals surface area contributed by atoms with Crippen LogP contribution in [-0.2, 0) is 4.79 Å². The van der Waals surface area contributed by atoms with E-state index in [1.54, 1.807) is 0 Å². The fourth-order valence-corrected chi connectivity index (χ4v) is 3.50. The van der Waals surface area contributed by atoms with Crippen LogP contribution in [0.25, 0.3) is 6.08 Å². The molecule has 2 aromatic rings. The summed E-state index contributed by atoms with van der Waals surface area (Å²) in [5.74, 6) is 0.734. The number of rotatable bonds is 6. The number of aliphatic imine (C=N–C) groups is 1. The lowest BCUT2D eigenvalue weighted by Crippen LogP contribution is -2.19. The number of nitrogens with one attached hydrogen (secondary N) is 1. The van der Waals surface area contributed by atoms with Crippen LogP contribution in [0.15, 0.2) is 52.4 Å². The van der Waals surface area contributed by atoms with Crippen molar-refractivity contribution in [2.24, 2.45) is 4.99 Å². The van der Waals surface area contributed by atoms with Crippen molar-refractivity contribution < 1.29 is 9.53 Å². The fourth-order valence-electron chi connectivity index (χ4n) is 2.67. The molecule has 5 heteroatoms. The summed E-state index contributed by atoms with van der Waals surface area (Å²) in [7, 11) is 0. The molecule has 0 atom stereocenters. The van der Waals surface area contributed by atoms with Gasteiger partial charge in [0.2, 0.25) is 0 Å². The number of ether oxygens (including phenoxy) is 1. The van der Waals surface area contributed by atoms with Gasteiger partial charge in [0.15, 0.2) is 5.17 Å². The predicted molar refractivity (Wildman–Crippen MR) is 114 cm³/mol. The summed E-state index contributed by atoms with van der Waals surface area (Å²) in [5.41, 5.74) is 4.12. The van der Waals surface area contributed by atoms with Gasteiger partial charge in [0.25, 0.3) is 5.91 Å². The maximum atomic E-state index is 12.3. The number of thioether (sulfide) groups is 1. The van der Waals surface area contributed by atoms with Crippen LogP contribution >= 0.6 is 11.8 Å². The molecule has 0 saturated carbocycles. The van der Waals surface area contributed by atoms with Crippen molar-refractivity contribution in [3.8, 4) is 5.75 Å². The zero-order valence-corrected chi connectivity index (χ0v) is 16.7. The summed E-state index contributed by atoms with van der Waals surface area (Å²) in [6, 6.07) is 13.9. The minimum absolute atomic E-state index is 0.119. The summed E-state index contributed by atoms with van der Waals surface area (Å²) < 4.78 is 5.67. The maximum absolute atomic E-state index is 12.3. The van der Waals surface area contributed by atoms with Crippen LogP contribution in [0.3, 0.4) is 0 Å². The summed E-state index contributed by atoms with van der Waals surface area (Å²) in [6.07, 6.45) is 4.04. The van der Waals surface area contributed by atoms with Crippen LogP contribution in [0.1, 0.15) is 36.5 Å². The number of hydrogen-bond donors (Lipinski definition) is 1. The molecule has 140 valence electrons. The molecular formula is C22H24N2O2S. The van der Waals surface area contributed by atoms with E-state index in [4.69, 9.17) is 4.74 Å². The van der Waals surface area contributed by atoms with Gasteiger partial charge in [0, 0.05) is 0 Å². The van der Waals surface area contributed by atoms with E-state index >= 15 is 0 Å². The molecule has 0 aromatic heterocycles. The molecule has 0 spiro atoms. The molecular weight excluding hydrogens is 356 g/mol. The van der Waals surface area contributed by atoms with Crippen molar-refractivity contribution in [3.05, 3.63) is 64.1 Å². The standard InChI is InChI=1S/C22H24N2O2S/c1-4-5-12-26-18-9-7-17(8-10-18)14-20-21(25)24-22(27-20)23-19-11-6-15(2)13-16(19)3/h6-11,13-14H,4-5,12H2,1-3H3,(H,23,24,25)/b20-14-. The highest BCUT2D eigenvalue weighted by molar-refractivity contribution is 8.18. The van der Waals surface area contributed by atoms with Gasteiger partial charge in [0.1, 0.15) is 5.75 Å². The first-order valence-electron chi connectivity index (χ1n) is 9.15. The molecule has 0 radical (unpaired) electrons. The SMILES string of the molecule is CCCCOc1ccc(/C=C2\SC(=Nc3ccc(C)cc3C)NC2=O)cc1. The molecule has 1 saturated heterocycles. The topological polar surface area (TPSA) is 50.7 Å². The van der Waals surface area contributed by atoms with E-state index in [0.717, 1.165) is 42.0 Å². The average Bonchev–Trinajstić information content (AvgIpc) is 2.98. The van der Waals surface area contributed by atoms with Crippen molar-refractivity contribution in [1.82, 2.24) is 5.32 Å². The summed E-state index contributed by atoms with van der Waals surface area (Å²) in [4.78, 5) is 17.5. The van der Waals surface area contributed by atoms with Crippen molar-refractivity contribution in [2.45, 2.75) is 33.6 Å². The first kappa shape index (κ1) is 19.2. The van der Waals surface area contributed by atoms with Crippen LogP contribution in [0.2, 0.25) is 0 Å². The maximum Gasteiger partial charge on any atom is 0.264 e. The number of carbonyl (C=O) groups excluding carboxylic acids is 1. The average molecular weight is 381 g/mol. The second kappa shape index (κ2) is 8.91. The largest absolute Gasteiger partial charge is 0.494 e. The van der Waals surface area contributed by atoms with E-state index in [9.17, 15) is 4.79 Å². The Bertz CT molecular complexity index is 886. The van der Waals surface area contributed by atoms with Crippen molar-refractivity contribution in [2.75, 3.05) is 6.61 Å². The van der Waals surface area contributed by atoms with E-state index in [1.807, 2.05) is 49.4 Å². The minimum atomic E-state index is -0.119. The van der Waals surface area contributed by atoms with Crippen LogP contribution in [0.5, 0.6) is 5.75 Å². The highest BCUT2D eigenvalue weighted by Gasteiger charge is 2.23. The van der Waals surface area contributed by atoms with E-state index in [1.165, 1.54) is 17.3 Å². The zero-order valence-electron chi connectivity index (χ0n) is 15.9. The normalized spacial score (nSPS) is 16.8. The molecule has 4 nitrogen and oxygen atoms in total. The Balaban J connectivity index is 1.70. The molecule has 0 unspecified atom stereocenters. The van der Waals surface area contributed by atoms with Crippen LogP contribution in [-0.4, -0.2) is 17.7 Å². The molecule has 1 heterocycles. The second-order valence-corrected chi connectivity index (χ2v) is 7.57. The summed E-state index contributed by atoms with van der Waals surface area (Å²) >= 11 is 1.36. The molecule has 2 aromatic carbocycles. The smallest absolute Gasteiger partial charge is 0.264 e. The van der Waals surface area contributed by atoms with Gasteiger partial charge < -0.3 is 10.1 Å². The first-order chi connectivity index (χ1) is 13.0. The Labute approximate surface area is 164 Å². The van der Waals surface area contributed by atoms with Gasteiger partial charge in [0.05, 0.1) is 17.2 Å². The Morgan fingerprint density at radius 2 is 1.93 bits per heavy atom. The number of carbonyl (C=O) groups is 1. The van der Waals surface area contributed by atoms with Gasteiger partial charge in [-0.3, -0.25) is 4.79 Å². The summed E-state index contributed by atoms with van der Waals surface area (Å²) in [6.45, 7) is 6.94. The Kier molecular flexibility index (Phi) is 6.35. The highest BCUT2D eigenvalue weighted by Crippen LogP contribution is 2.29. The van der Waals surface area contributed by atoms with Gasteiger partial charge in [-0.25, -0.2) is 4.99 Å². The van der Waals surface area contributed by atoms with E-state index in [0.29, 0.717) is 10.1 Å². The molecule has 1 aliphatic heterocycles. The number of benzene rings is 2. The van der Waals surface area contributed by atoms with Crippen LogP contribution in [0, 0.1) is 13.8 Å². The third kappa shape index (κ3) is 5.23. The zero-order chi connectivity index (χ0) is 19.2. The highest BCUT2D eigenvalue weighted by atomic mass is 32.2. The molecule has 1 N–H and O–H groups in total. The molecule has 27 heavy (non-hydrogen) atoms. The van der Waals surface area contributed by atoms with Crippen molar-refractivity contribution >= 4 is 34.6 Å². The third-order valence-electron chi connectivity index (χ3n) is 4.17. The van der Waals surface area contributed by atoms with Gasteiger partial charge in [-0.05, 0) is 67.4 Å². The Hall–Kier alpha value is -2.53.